The van der Waals surface area contributed by atoms with Gasteiger partial charge in [-0.3, -0.25) is 0 Å². The molecule has 0 saturated carbocycles. The SMILES string of the molecule is CCN(CC)CCO[PH](C)(O)O. The molecule has 0 aromatic rings. The van der Waals surface area contributed by atoms with Gasteiger partial charge in [0.2, 0.25) is 0 Å². The van der Waals surface area contributed by atoms with Gasteiger partial charge in [-0.15, -0.1) is 0 Å². The van der Waals surface area contributed by atoms with Crippen LogP contribution >= 0.6 is 7.94 Å². The minimum absolute atomic E-state index is 0.400. The van der Waals surface area contributed by atoms with Crippen molar-refractivity contribution in [2.75, 3.05) is 32.9 Å². The molecule has 0 aromatic heterocycles. The molecule has 0 unspecified atom stereocenters. The van der Waals surface area contributed by atoms with Crippen molar-refractivity contribution in [1.82, 2.24) is 4.90 Å². The van der Waals surface area contributed by atoms with E-state index in [9.17, 15) is 0 Å². The molecule has 0 fully saturated rings. The summed E-state index contributed by atoms with van der Waals surface area (Å²) in [6.07, 6.45) is 0. The molecular weight excluding hydrogens is 177 g/mol. The first-order valence-electron chi connectivity index (χ1n) is 4.30. The summed E-state index contributed by atoms with van der Waals surface area (Å²) in [5, 5.41) is 0. The van der Waals surface area contributed by atoms with Gasteiger partial charge in [-0.2, -0.15) is 0 Å². The van der Waals surface area contributed by atoms with Crippen LogP contribution in [-0.2, 0) is 4.52 Å². The van der Waals surface area contributed by atoms with E-state index in [0.717, 1.165) is 19.6 Å². The molecule has 4 nitrogen and oxygen atoms in total. The van der Waals surface area contributed by atoms with Gasteiger partial charge in [0.25, 0.3) is 0 Å². The third-order valence-corrected chi connectivity index (χ3v) is 2.43. The average Bonchev–Trinajstić information content (AvgIpc) is 1.96. The van der Waals surface area contributed by atoms with Crippen molar-refractivity contribution in [2.24, 2.45) is 0 Å². The topological polar surface area (TPSA) is 52.9 Å². The van der Waals surface area contributed by atoms with Crippen LogP contribution in [-0.4, -0.2) is 47.6 Å². The molecular formula is C7H20NO3P. The van der Waals surface area contributed by atoms with Crippen molar-refractivity contribution in [3.8, 4) is 0 Å². The van der Waals surface area contributed by atoms with Crippen molar-refractivity contribution >= 4 is 7.94 Å². The van der Waals surface area contributed by atoms with Gasteiger partial charge in [-0.05, 0) is 0 Å². The van der Waals surface area contributed by atoms with E-state index in [0.29, 0.717) is 6.61 Å². The summed E-state index contributed by atoms with van der Waals surface area (Å²) in [4.78, 5) is 20.0. The third-order valence-electron chi connectivity index (χ3n) is 1.68. The Balaban J connectivity index is 3.41. The van der Waals surface area contributed by atoms with Crippen LogP contribution in [0.5, 0.6) is 0 Å². The number of rotatable bonds is 6. The molecule has 12 heavy (non-hydrogen) atoms. The van der Waals surface area contributed by atoms with E-state index in [-0.39, 0.29) is 0 Å². The molecule has 0 amide bonds. The average molecular weight is 197 g/mol. The molecule has 0 aliphatic carbocycles. The van der Waals surface area contributed by atoms with Crippen molar-refractivity contribution in [2.45, 2.75) is 13.8 Å². The molecule has 0 aromatic carbocycles. The Hall–Kier alpha value is 0.270. The van der Waals surface area contributed by atoms with Gasteiger partial charge in [0.05, 0.1) is 0 Å². The molecule has 0 spiro atoms. The Morgan fingerprint density at radius 1 is 1.25 bits per heavy atom. The van der Waals surface area contributed by atoms with Crippen LogP contribution in [0.2, 0.25) is 0 Å². The van der Waals surface area contributed by atoms with Crippen molar-refractivity contribution in [3.05, 3.63) is 0 Å². The summed E-state index contributed by atoms with van der Waals surface area (Å²) in [5.41, 5.74) is 0. The Bertz CT molecular complexity index is 112. The Kier molecular flexibility index (Phi) is 5.97. The van der Waals surface area contributed by atoms with E-state index < -0.39 is 7.94 Å². The van der Waals surface area contributed by atoms with E-state index in [1.54, 1.807) is 0 Å². The molecule has 0 radical (unpaired) electrons. The molecule has 0 rings (SSSR count). The third kappa shape index (κ3) is 6.95. The second kappa shape index (κ2) is 5.84. The van der Waals surface area contributed by atoms with E-state index in [1.165, 1.54) is 6.66 Å². The predicted octanol–water partition coefficient (Wildman–Crippen LogP) is 0.454. The molecule has 5 heteroatoms. The molecule has 0 saturated heterocycles. The second-order valence-electron chi connectivity index (χ2n) is 2.81. The van der Waals surface area contributed by atoms with Crippen molar-refractivity contribution in [3.63, 3.8) is 0 Å². The molecule has 0 bridgehead atoms. The number of hydrogen-bond donors (Lipinski definition) is 2. The van der Waals surface area contributed by atoms with Crippen molar-refractivity contribution in [1.29, 1.82) is 0 Å². The van der Waals surface area contributed by atoms with E-state index in [1.807, 2.05) is 0 Å². The molecule has 0 atom stereocenters. The maximum absolute atomic E-state index is 8.93. The summed E-state index contributed by atoms with van der Waals surface area (Å²) in [6.45, 7) is 8.57. The molecule has 76 valence electrons. The summed E-state index contributed by atoms with van der Waals surface area (Å²) >= 11 is 0. The maximum atomic E-state index is 8.93. The molecule has 2 N–H and O–H groups in total. The Morgan fingerprint density at radius 3 is 2.08 bits per heavy atom. The summed E-state index contributed by atoms with van der Waals surface area (Å²) in [6, 6.07) is 0. The molecule has 0 aliphatic rings. The zero-order valence-electron chi connectivity index (χ0n) is 8.08. The van der Waals surface area contributed by atoms with Gasteiger partial charge >= 0.3 is 73.9 Å². The van der Waals surface area contributed by atoms with Crippen LogP contribution in [0.4, 0.5) is 0 Å². The normalized spacial score (nSPS) is 13.8. The first-order chi connectivity index (χ1) is 5.49. The second-order valence-corrected chi connectivity index (χ2v) is 4.97. The van der Waals surface area contributed by atoms with Crippen LogP contribution in [0.15, 0.2) is 0 Å². The first kappa shape index (κ1) is 12.3. The van der Waals surface area contributed by atoms with Gasteiger partial charge in [0.1, 0.15) is 0 Å². The summed E-state index contributed by atoms with van der Waals surface area (Å²) < 4.78 is 4.87. The van der Waals surface area contributed by atoms with Gasteiger partial charge in [-0.1, -0.05) is 0 Å². The van der Waals surface area contributed by atoms with Gasteiger partial charge in [0, 0.05) is 0 Å². The number of hydrogen-bond acceptors (Lipinski definition) is 4. The van der Waals surface area contributed by atoms with Crippen molar-refractivity contribution < 1.29 is 14.3 Å². The fourth-order valence-electron chi connectivity index (χ4n) is 0.908. The zero-order chi connectivity index (χ0) is 9.61. The van der Waals surface area contributed by atoms with E-state index in [4.69, 9.17) is 14.3 Å². The predicted molar refractivity (Wildman–Crippen MR) is 52.4 cm³/mol. The molecule has 0 aliphatic heterocycles. The van der Waals surface area contributed by atoms with Crippen LogP contribution < -0.4 is 0 Å². The standard InChI is InChI=1S/C7H20NO3P/c1-4-8(5-2)6-7-11-12(3,9)10/h9-10,12H,4-7H2,1-3H3. The zero-order valence-corrected chi connectivity index (χ0v) is 9.08. The molecule has 0 heterocycles. The van der Waals surface area contributed by atoms with Crippen LogP contribution in [0.3, 0.4) is 0 Å². The van der Waals surface area contributed by atoms with Gasteiger partial charge < -0.3 is 0 Å². The van der Waals surface area contributed by atoms with E-state index >= 15 is 0 Å². The van der Waals surface area contributed by atoms with Crippen LogP contribution in [0, 0.1) is 0 Å². The first-order valence-corrected chi connectivity index (χ1v) is 6.61. The summed E-state index contributed by atoms with van der Waals surface area (Å²) in [5.74, 6) is 0. The Morgan fingerprint density at radius 2 is 1.75 bits per heavy atom. The quantitative estimate of drug-likeness (QED) is 0.607. The fourth-order valence-corrected chi connectivity index (χ4v) is 1.39. The van der Waals surface area contributed by atoms with Crippen LogP contribution in [0.25, 0.3) is 0 Å². The van der Waals surface area contributed by atoms with E-state index in [2.05, 4.69) is 18.7 Å². The Labute approximate surface area is 74.7 Å². The fraction of sp³-hybridized carbons (Fsp3) is 1.00. The van der Waals surface area contributed by atoms with Crippen LogP contribution in [0.1, 0.15) is 13.8 Å². The number of likely N-dealkylation sites (N-methyl/N-ethyl adjacent to an activating group) is 1. The van der Waals surface area contributed by atoms with Gasteiger partial charge in [0.15, 0.2) is 0 Å². The minimum atomic E-state index is -3.28. The summed E-state index contributed by atoms with van der Waals surface area (Å²) in [7, 11) is -3.28. The number of nitrogens with zero attached hydrogens (tertiary/aromatic N) is 1. The van der Waals surface area contributed by atoms with Gasteiger partial charge in [-0.25, -0.2) is 0 Å². The monoisotopic (exact) mass is 197 g/mol.